The molecule has 1 atom stereocenters. The van der Waals surface area contributed by atoms with Crippen LogP contribution in [0.25, 0.3) is 0 Å². The molecule has 0 unspecified atom stereocenters. The lowest BCUT2D eigenvalue weighted by Crippen LogP contribution is -2.26. The number of pyridine rings is 1. The molecule has 0 bridgehead atoms. The molecule has 5 nitrogen and oxygen atoms in total. The normalized spacial score (nSPS) is 11.8. The van der Waals surface area contributed by atoms with Crippen molar-refractivity contribution in [1.82, 2.24) is 10.3 Å². The van der Waals surface area contributed by atoms with Crippen LogP contribution in [-0.4, -0.2) is 16.8 Å². The minimum absolute atomic E-state index is 0.0336. The van der Waals surface area contributed by atoms with Crippen molar-refractivity contribution in [3.8, 4) is 0 Å². The average Bonchev–Trinajstić information content (AvgIpc) is 2.61. The predicted octanol–water partition coefficient (Wildman–Crippen LogP) is 3.88. The first-order valence-corrected chi connectivity index (χ1v) is 9.00. The van der Waals surface area contributed by atoms with Crippen molar-refractivity contribution in [1.29, 1.82) is 0 Å². The Morgan fingerprint density at radius 2 is 1.65 bits per heavy atom. The summed E-state index contributed by atoms with van der Waals surface area (Å²) in [5.74, 6) is 0.280. The molecule has 138 valence electrons. The summed E-state index contributed by atoms with van der Waals surface area (Å²) in [6.07, 6.45) is 2.32. The number of carbonyl (C=O) groups is 2. The van der Waals surface area contributed by atoms with Crippen LogP contribution in [0.2, 0.25) is 0 Å². The van der Waals surface area contributed by atoms with Crippen LogP contribution in [0, 0.1) is 5.92 Å². The van der Waals surface area contributed by atoms with Gasteiger partial charge in [0.05, 0.1) is 12.2 Å². The minimum Gasteiger partial charge on any atom is -0.350 e. The van der Waals surface area contributed by atoms with Gasteiger partial charge < -0.3 is 10.6 Å². The van der Waals surface area contributed by atoms with E-state index in [-0.39, 0.29) is 17.7 Å². The fraction of sp³-hybridized carbons (Fsp3) is 0.381. The number of nitrogens with zero attached hydrogens (tertiary/aromatic N) is 1. The maximum absolute atomic E-state index is 12.1. The van der Waals surface area contributed by atoms with Crippen LogP contribution in [0.4, 0.5) is 5.69 Å². The molecule has 26 heavy (non-hydrogen) atoms. The number of amides is 2. The molecule has 2 amide bonds. The van der Waals surface area contributed by atoms with Gasteiger partial charge in [-0.2, -0.15) is 0 Å². The molecule has 0 aliphatic carbocycles. The molecular formula is C21H27N3O2. The highest BCUT2D eigenvalue weighted by atomic mass is 16.2. The summed E-state index contributed by atoms with van der Waals surface area (Å²) in [4.78, 5) is 28.3. The van der Waals surface area contributed by atoms with Gasteiger partial charge in [-0.1, -0.05) is 39.0 Å². The standard InChI is InChI=1S/C21H27N3O2/c1-15(2)17-7-9-18(10-8-17)24-21(26)13-16(3)12-20(25)23-14-19-6-4-5-11-22-19/h4-11,15-16H,12-14H2,1-3H3,(H,23,25)(H,24,26)/t16-/m1/s1. The number of aromatic nitrogens is 1. The number of hydrogen-bond acceptors (Lipinski definition) is 3. The zero-order valence-electron chi connectivity index (χ0n) is 15.7. The first-order valence-electron chi connectivity index (χ1n) is 9.00. The van der Waals surface area contributed by atoms with E-state index in [0.717, 1.165) is 11.4 Å². The second kappa shape index (κ2) is 9.70. The fourth-order valence-electron chi connectivity index (χ4n) is 2.63. The Morgan fingerprint density at radius 1 is 0.962 bits per heavy atom. The third-order valence-corrected chi connectivity index (χ3v) is 4.12. The van der Waals surface area contributed by atoms with Gasteiger partial charge in [-0.3, -0.25) is 14.6 Å². The molecule has 2 N–H and O–H groups in total. The van der Waals surface area contributed by atoms with Crippen LogP contribution in [0.5, 0.6) is 0 Å². The maximum Gasteiger partial charge on any atom is 0.224 e. The van der Waals surface area contributed by atoms with Gasteiger partial charge >= 0.3 is 0 Å². The van der Waals surface area contributed by atoms with Crippen molar-refractivity contribution >= 4 is 17.5 Å². The number of anilines is 1. The molecule has 0 aliphatic rings. The Morgan fingerprint density at radius 3 is 2.27 bits per heavy atom. The Kier molecular flexibility index (Phi) is 7.33. The van der Waals surface area contributed by atoms with Gasteiger partial charge in [0.1, 0.15) is 0 Å². The highest BCUT2D eigenvalue weighted by molar-refractivity contribution is 5.91. The summed E-state index contributed by atoms with van der Waals surface area (Å²) in [5.41, 5.74) is 2.84. The second-order valence-electron chi connectivity index (χ2n) is 6.94. The first-order chi connectivity index (χ1) is 12.4. The molecule has 0 fully saturated rings. The number of carbonyl (C=O) groups excluding carboxylic acids is 2. The molecule has 1 heterocycles. The van der Waals surface area contributed by atoms with E-state index in [1.807, 2.05) is 49.4 Å². The third-order valence-electron chi connectivity index (χ3n) is 4.12. The molecule has 2 rings (SSSR count). The van der Waals surface area contributed by atoms with E-state index < -0.39 is 0 Å². The number of benzene rings is 1. The highest BCUT2D eigenvalue weighted by Gasteiger charge is 2.14. The van der Waals surface area contributed by atoms with Crippen LogP contribution in [0.15, 0.2) is 48.7 Å². The molecule has 0 aliphatic heterocycles. The summed E-state index contributed by atoms with van der Waals surface area (Å²) in [6, 6.07) is 13.5. The van der Waals surface area contributed by atoms with E-state index in [1.54, 1.807) is 6.20 Å². The van der Waals surface area contributed by atoms with Crippen LogP contribution in [-0.2, 0) is 16.1 Å². The lowest BCUT2D eigenvalue weighted by Gasteiger charge is -2.12. The molecule has 2 aromatic rings. The van der Waals surface area contributed by atoms with Crippen molar-refractivity contribution in [3.05, 3.63) is 59.9 Å². The summed E-state index contributed by atoms with van der Waals surface area (Å²) in [6.45, 7) is 6.57. The summed E-state index contributed by atoms with van der Waals surface area (Å²) < 4.78 is 0. The van der Waals surface area contributed by atoms with Crippen molar-refractivity contribution < 1.29 is 9.59 Å². The Bertz CT molecular complexity index is 712. The Labute approximate surface area is 155 Å². The van der Waals surface area contributed by atoms with Crippen LogP contribution >= 0.6 is 0 Å². The molecule has 1 aromatic carbocycles. The molecule has 0 saturated heterocycles. The van der Waals surface area contributed by atoms with Gasteiger partial charge in [-0.15, -0.1) is 0 Å². The second-order valence-corrected chi connectivity index (χ2v) is 6.94. The van der Waals surface area contributed by atoms with Gasteiger partial charge in [0.15, 0.2) is 0 Å². The largest absolute Gasteiger partial charge is 0.350 e. The monoisotopic (exact) mass is 353 g/mol. The van der Waals surface area contributed by atoms with Gasteiger partial charge in [-0.25, -0.2) is 0 Å². The lowest BCUT2D eigenvalue weighted by molar-refractivity contribution is -0.122. The van der Waals surface area contributed by atoms with Gasteiger partial charge in [0.25, 0.3) is 0 Å². The minimum atomic E-state index is -0.0766. The van der Waals surface area contributed by atoms with E-state index in [4.69, 9.17) is 0 Å². The summed E-state index contributed by atoms with van der Waals surface area (Å²) >= 11 is 0. The van der Waals surface area contributed by atoms with E-state index in [2.05, 4.69) is 29.5 Å². The quantitative estimate of drug-likeness (QED) is 0.756. The summed E-state index contributed by atoms with van der Waals surface area (Å²) in [7, 11) is 0. The van der Waals surface area contributed by atoms with Gasteiger partial charge in [-0.05, 0) is 41.7 Å². The van der Waals surface area contributed by atoms with E-state index in [0.29, 0.717) is 25.3 Å². The van der Waals surface area contributed by atoms with Crippen molar-refractivity contribution in [2.24, 2.45) is 5.92 Å². The van der Waals surface area contributed by atoms with Crippen molar-refractivity contribution in [2.45, 2.75) is 46.1 Å². The fourth-order valence-corrected chi connectivity index (χ4v) is 2.63. The topological polar surface area (TPSA) is 71.1 Å². The van der Waals surface area contributed by atoms with E-state index >= 15 is 0 Å². The summed E-state index contributed by atoms with van der Waals surface area (Å²) in [5, 5.41) is 5.73. The van der Waals surface area contributed by atoms with E-state index in [1.165, 1.54) is 5.56 Å². The molecule has 0 radical (unpaired) electrons. The van der Waals surface area contributed by atoms with Crippen LogP contribution in [0.1, 0.15) is 50.8 Å². The van der Waals surface area contributed by atoms with Crippen LogP contribution in [0.3, 0.4) is 0 Å². The predicted molar refractivity (Wildman–Crippen MR) is 104 cm³/mol. The molecule has 1 aromatic heterocycles. The van der Waals surface area contributed by atoms with Gasteiger partial charge in [0.2, 0.25) is 11.8 Å². The lowest BCUT2D eigenvalue weighted by atomic mass is 10.0. The maximum atomic E-state index is 12.1. The van der Waals surface area contributed by atoms with Gasteiger partial charge in [0, 0.05) is 24.7 Å². The molecule has 0 saturated carbocycles. The SMILES string of the molecule is CC(C)c1ccc(NC(=O)C[C@H](C)CC(=O)NCc2ccccn2)cc1. The van der Waals surface area contributed by atoms with Crippen LogP contribution < -0.4 is 10.6 Å². The molecular weight excluding hydrogens is 326 g/mol. The first kappa shape index (κ1) is 19.6. The van der Waals surface area contributed by atoms with Crippen molar-refractivity contribution in [3.63, 3.8) is 0 Å². The number of hydrogen-bond donors (Lipinski definition) is 2. The highest BCUT2D eigenvalue weighted by Crippen LogP contribution is 2.18. The third kappa shape index (κ3) is 6.67. The molecule has 5 heteroatoms. The number of nitrogens with one attached hydrogen (secondary N) is 2. The Balaban J connectivity index is 1.73. The van der Waals surface area contributed by atoms with Crippen molar-refractivity contribution in [2.75, 3.05) is 5.32 Å². The number of rotatable bonds is 8. The average molecular weight is 353 g/mol. The smallest absolute Gasteiger partial charge is 0.224 e. The molecule has 0 spiro atoms. The Hall–Kier alpha value is -2.69. The zero-order chi connectivity index (χ0) is 18.9. The van der Waals surface area contributed by atoms with E-state index in [9.17, 15) is 9.59 Å². The zero-order valence-corrected chi connectivity index (χ0v) is 15.7.